The first kappa shape index (κ1) is 24.1. The maximum absolute atomic E-state index is 14.0. The number of nitrogens with zero attached hydrogens (tertiary/aromatic N) is 3. The molecule has 1 aliphatic rings. The number of carbonyl (C=O) groups is 1. The number of rotatable bonds is 8. The molecule has 2 aromatic carbocycles. The maximum Gasteiger partial charge on any atom is 0.309 e. The predicted molar refractivity (Wildman–Crippen MR) is 120 cm³/mol. The van der Waals surface area contributed by atoms with Crippen molar-refractivity contribution in [2.45, 2.75) is 37.3 Å². The molecule has 0 unspecified atom stereocenters. The number of carboxylic acid groups (broad SMARTS) is 1. The van der Waals surface area contributed by atoms with E-state index < -0.39 is 46.9 Å². The number of benzene rings is 2. The van der Waals surface area contributed by atoms with E-state index in [4.69, 9.17) is 4.74 Å². The zero-order valence-corrected chi connectivity index (χ0v) is 19.5. The number of aliphatic carboxylic acids is 1. The fraction of sp³-hybridized carbons (Fsp3) is 0.391. The van der Waals surface area contributed by atoms with Crippen molar-refractivity contribution in [2.75, 3.05) is 19.8 Å². The van der Waals surface area contributed by atoms with Gasteiger partial charge in [0.05, 0.1) is 41.3 Å². The van der Waals surface area contributed by atoms with Gasteiger partial charge in [0.1, 0.15) is 11.6 Å². The number of halogens is 2. The Labute approximate surface area is 195 Å². The van der Waals surface area contributed by atoms with Crippen molar-refractivity contribution in [3.05, 3.63) is 54.0 Å². The van der Waals surface area contributed by atoms with Crippen LogP contribution in [0.15, 0.2) is 47.4 Å². The van der Waals surface area contributed by atoms with E-state index >= 15 is 0 Å². The highest BCUT2D eigenvalue weighted by molar-refractivity contribution is 7.89. The topological polar surface area (TPSA) is 102 Å². The Morgan fingerprint density at radius 1 is 1.21 bits per heavy atom. The van der Waals surface area contributed by atoms with Crippen LogP contribution >= 0.6 is 0 Å². The van der Waals surface area contributed by atoms with Crippen LogP contribution in [0.1, 0.15) is 25.6 Å². The molecule has 0 spiro atoms. The third kappa shape index (κ3) is 4.62. The SMILES string of the molecule is CC(C)Oc1ccc(S(=O)(=O)N2C[C@@H](CF)[C@@H](n3nc(CC(=O)O)c4ccc(F)cc43)C2)cc1. The number of alkyl halides is 1. The molecule has 182 valence electrons. The Kier molecular flexibility index (Phi) is 6.59. The summed E-state index contributed by atoms with van der Waals surface area (Å²) < 4.78 is 62.7. The average molecular weight is 494 g/mol. The normalized spacial score (nSPS) is 19.2. The van der Waals surface area contributed by atoms with E-state index in [-0.39, 0.29) is 29.8 Å². The van der Waals surface area contributed by atoms with Gasteiger partial charge in [-0.2, -0.15) is 9.40 Å². The summed E-state index contributed by atoms with van der Waals surface area (Å²) in [4.78, 5) is 11.3. The first-order valence-electron chi connectivity index (χ1n) is 10.8. The molecular formula is C23H25F2N3O5S. The minimum atomic E-state index is -3.94. The molecule has 4 rings (SSSR count). The third-order valence-electron chi connectivity index (χ3n) is 5.78. The lowest BCUT2D eigenvalue weighted by molar-refractivity contribution is -0.136. The van der Waals surface area contributed by atoms with Gasteiger partial charge in [0, 0.05) is 24.4 Å². The molecule has 2 heterocycles. The van der Waals surface area contributed by atoms with Gasteiger partial charge in [-0.15, -0.1) is 0 Å². The van der Waals surface area contributed by atoms with Crippen LogP contribution in [-0.4, -0.2) is 59.4 Å². The number of aromatic nitrogens is 2. The Balaban J connectivity index is 1.67. The van der Waals surface area contributed by atoms with Crippen molar-refractivity contribution in [2.24, 2.45) is 5.92 Å². The number of sulfonamides is 1. The number of hydrogen-bond acceptors (Lipinski definition) is 5. The molecule has 2 atom stereocenters. The summed E-state index contributed by atoms with van der Waals surface area (Å²) >= 11 is 0. The molecule has 0 aliphatic carbocycles. The molecule has 0 bridgehead atoms. The largest absolute Gasteiger partial charge is 0.491 e. The summed E-state index contributed by atoms with van der Waals surface area (Å²) in [6.07, 6.45) is -0.457. The average Bonchev–Trinajstić information content (AvgIpc) is 3.35. The van der Waals surface area contributed by atoms with Crippen molar-refractivity contribution in [1.29, 1.82) is 0 Å². The Hall–Kier alpha value is -3.05. The summed E-state index contributed by atoms with van der Waals surface area (Å²) in [5.74, 6) is -1.87. The molecule has 1 aliphatic heterocycles. The summed E-state index contributed by atoms with van der Waals surface area (Å²) in [5, 5.41) is 14.0. The van der Waals surface area contributed by atoms with E-state index in [9.17, 15) is 27.1 Å². The minimum Gasteiger partial charge on any atom is -0.491 e. The molecule has 0 amide bonds. The van der Waals surface area contributed by atoms with Gasteiger partial charge in [0.15, 0.2) is 0 Å². The van der Waals surface area contributed by atoms with Gasteiger partial charge in [0.25, 0.3) is 0 Å². The maximum atomic E-state index is 14.0. The highest BCUT2D eigenvalue weighted by Gasteiger charge is 2.41. The lowest BCUT2D eigenvalue weighted by Crippen LogP contribution is -2.29. The van der Waals surface area contributed by atoms with Crippen LogP contribution in [0.25, 0.3) is 10.9 Å². The first-order chi connectivity index (χ1) is 16.1. The molecule has 1 N–H and O–H groups in total. The van der Waals surface area contributed by atoms with E-state index in [0.717, 1.165) is 0 Å². The van der Waals surface area contributed by atoms with Crippen LogP contribution in [0.4, 0.5) is 8.78 Å². The molecule has 8 nitrogen and oxygen atoms in total. The van der Waals surface area contributed by atoms with E-state index in [1.165, 1.54) is 39.3 Å². The molecule has 1 aromatic heterocycles. The minimum absolute atomic E-state index is 0.0461. The van der Waals surface area contributed by atoms with Crippen molar-refractivity contribution in [3.8, 4) is 5.75 Å². The molecular weight excluding hydrogens is 468 g/mol. The third-order valence-corrected chi connectivity index (χ3v) is 7.63. The van der Waals surface area contributed by atoms with E-state index in [1.54, 1.807) is 12.1 Å². The summed E-state index contributed by atoms with van der Waals surface area (Å²) in [6, 6.07) is 9.11. The lowest BCUT2D eigenvalue weighted by Gasteiger charge is -2.18. The Bertz CT molecular complexity index is 1310. The summed E-state index contributed by atoms with van der Waals surface area (Å²) in [6.45, 7) is 2.74. The standard InChI is InChI=1S/C23H25F2N3O5S/c1-14(2)33-17-4-6-18(7-5-17)34(31,32)27-12-15(11-24)22(13-27)28-21-9-16(25)3-8-19(21)20(26-28)10-23(29)30/h3-9,14-15,22H,10-13H2,1-2H3,(H,29,30)/t15-,22+/m1/s1. The van der Waals surface area contributed by atoms with Crippen LogP contribution in [0.5, 0.6) is 5.75 Å². The highest BCUT2D eigenvalue weighted by Crippen LogP contribution is 2.35. The molecule has 1 fully saturated rings. The van der Waals surface area contributed by atoms with Crippen LogP contribution in [-0.2, 0) is 21.2 Å². The van der Waals surface area contributed by atoms with Crippen molar-refractivity contribution in [1.82, 2.24) is 14.1 Å². The molecule has 0 radical (unpaired) electrons. The summed E-state index contributed by atoms with van der Waals surface area (Å²) in [5.41, 5.74) is 0.510. The second-order valence-corrected chi connectivity index (χ2v) is 10.5. The molecule has 0 saturated carbocycles. The Morgan fingerprint density at radius 2 is 1.91 bits per heavy atom. The monoisotopic (exact) mass is 493 g/mol. The second-order valence-electron chi connectivity index (χ2n) is 8.57. The van der Waals surface area contributed by atoms with E-state index in [0.29, 0.717) is 16.7 Å². The van der Waals surface area contributed by atoms with Gasteiger partial charge in [-0.3, -0.25) is 13.9 Å². The van der Waals surface area contributed by atoms with E-state index in [2.05, 4.69) is 5.10 Å². The van der Waals surface area contributed by atoms with Crippen LogP contribution in [0.2, 0.25) is 0 Å². The zero-order chi connectivity index (χ0) is 24.6. The summed E-state index contributed by atoms with van der Waals surface area (Å²) in [7, 11) is -3.94. The second kappa shape index (κ2) is 9.30. The number of hydrogen-bond donors (Lipinski definition) is 1. The zero-order valence-electron chi connectivity index (χ0n) is 18.7. The number of fused-ring (bicyclic) bond motifs is 1. The van der Waals surface area contributed by atoms with Gasteiger partial charge < -0.3 is 9.84 Å². The fourth-order valence-electron chi connectivity index (χ4n) is 4.25. The van der Waals surface area contributed by atoms with Crippen molar-refractivity contribution >= 4 is 26.9 Å². The fourth-order valence-corrected chi connectivity index (χ4v) is 5.77. The van der Waals surface area contributed by atoms with Gasteiger partial charge in [0.2, 0.25) is 10.0 Å². The molecule has 3 aromatic rings. The smallest absolute Gasteiger partial charge is 0.309 e. The molecule has 1 saturated heterocycles. The highest BCUT2D eigenvalue weighted by atomic mass is 32.2. The first-order valence-corrected chi connectivity index (χ1v) is 12.3. The van der Waals surface area contributed by atoms with Crippen LogP contribution in [0.3, 0.4) is 0 Å². The van der Waals surface area contributed by atoms with E-state index in [1.807, 2.05) is 13.8 Å². The number of carboxylic acids is 1. The van der Waals surface area contributed by atoms with Gasteiger partial charge in [-0.1, -0.05) is 0 Å². The van der Waals surface area contributed by atoms with Gasteiger partial charge in [-0.25, -0.2) is 12.8 Å². The predicted octanol–water partition coefficient (Wildman–Crippen LogP) is 3.42. The quantitative estimate of drug-likeness (QED) is 0.516. The van der Waals surface area contributed by atoms with Gasteiger partial charge in [-0.05, 0) is 56.3 Å². The van der Waals surface area contributed by atoms with Gasteiger partial charge >= 0.3 is 5.97 Å². The Morgan fingerprint density at radius 3 is 2.53 bits per heavy atom. The molecule has 34 heavy (non-hydrogen) atoms. The van der Waals surface area contributed by atoms with Crippen molar-refractivity contribution < 1.29 is 31.8 Å². The number of ether oxygens (including phenoxy) is 1. The molecule has 11 heteroatoms. The van der Waals surface area contributed by atoms with Crippen LogP contribution in [0, 0.1) is 11.7 Å². The van der Waals surface area contributed by atoms with Crippen LogP contribution < -0.4 is 4.74 Å². The lowest BCUT2D eigenvalue weighted by atomic mass is 10.1. The van der Waals surface area contributed by atoms with Crippen molar-refractivity contribution in [3.63, 3.8) is 0 Å².